The van der Waals surface area contributed by atoms with Crippen molar-refractivity contribution in [2.75, 3.05) is 30.4 Å². The van der Waals surface area contributed by atoms with Gasteiger partial charge in [0.15, 0.2) is 9.84 Å². The van der Waals surface area contributed by atoms with Gasteiger partial charge >= 0.3 is 0 Å². The minimum Gasteiger partial charge on any atom is -0.396 e. The van der Waals surface area contributed by atoms with Crippen molar-refractivity contribution in [2.24, 2.45) is 0 Å². The molecule has 0 aromatic rings. The summed E-state index contributed by atoms with van der Waals surface area (Å²) in [6, 6.07) is 0. The molecule has 1 unspecified atom stereocenters. The van der Waals surface area contributed by atoms with Crippen LogP contribution in [0.15, 0.2) is 0 Å². The molecule has 1 aliphatic rings. The van der Waals surface area contributed by atoms with Crippen molar-refractivity contribution in [1.29, 1.82) is 0 Å². The summed E-state index contributed by atoms with van der Waals surface area (Å²) in [5.41, 5.74) is 0. The normalized spacial score (nSPS) is 22.6. The Balaban J connectivity index is 2.24. The number of thioether (sulfide) groups is 1. The smallest absolute Gasteiger partial charge is 0.238 e. The van der Waals surface area contributed by atoms with E-state index in [-0.39, 0.29) is 18.3 Å². The summed E-state index contributed by atoms with van der Waals surface area (Å²) in [6.07, 6.45) is 2.67. The average Bonchev–Trinajstić information content (AvgIpc) is 2.32. The number of sulfone groups is 1. The highest BCUT2D eigenvalue weighted by Crippen LogP contribution is 2.19. The van der Waals surface area contributed by atoms with Crippen LogP contribution in [0, 0.1) is 0 Å². The zero-order valence-electron chi connectivity index (χ0n) is 10.4. The highest BCUT2D eigenvalue weighted by Gasteiger charge is 2.34. The molecular formula is C11H21NO4S2. The lowest BCUT2D eigenvalue weighted by atomic mass is 10.2. The highest BCUT2D eigenvalue weighted by atomic mass is 32.2. The average molecular weight is 295 g/mol. The van der Waals surface area contributed by atoms with Gasteiger partial charge in [0.05, 0.1) is 5.75 Å². The molecule has 1 saturated heterocycles. The van der Waals surface area contributed by atoms with Crippen molar-refractivity contribution in [3.63, 3.8) is 0 Å². The number of hydrogen-bond acceptors (Lipinski definition) is 5. The van der Waals surface area contributed by atoms with E-state index >= 15 is 0 Å². The van der Waals surface area contributed by atoms with E-state index in [2.05, 4.69) is 5.32 Å². The second-order valence-corrected chi connectivity index (χ2v) is 7.86. The second kappa shape index (κ2) is 8.01. The van der Waals surface area contributed by atoms with Crippen molar-refractivity contribution >= 4 is 27.5 Å². The first-order valence-corrected chi connectivity index (χ1v) is 9.13. The lowest BCUT2D eigenvalue weighted by Gasteiger charge is -2.21. The molecule has 0 spiro atoms. The van der Waals surface area contributed by atoms with Gasteiger partial charge in [-0.15, -0.1) is 0 Å². The van der Waals surface area contributed by atoms with Gasteiger partial charge in [0.1, 0.15) is 5.25 Å². The van der Waals surface area contributed by atoms with E-state index in [0.717, 1.165) is 24.3 Å². The molecule has 1 amide bonds. The summed E-state index contributed by atoms with van der Waals surface area (Å²) in [6.45, 7) is 0.667. The Morgan fingerprint density at radius 1 is 1.33 bits per heavy atom. The molecule has 1 atom stereocenters. The fourth-order valence-corrected chi connectivity index (χ4v) is 4.49. The first-order valence-electron chi connectivity index (χ1n) is 6.26. The van der Waals surface area contributed by atoms with E-state index in [1.807, 2.05) is 0 Å². The predicted octanol–water partition coefficient (Wildman–Crippen LogP) is 0.185. The van der Waals surface area contributed by atoms with E-state index in [9.17, 15) is 13.2 Å². The molecule has 18 heavy (non-hydrogen) atoms. The third-order valence-corrected chi connectivity index (χ3v) is 6.11. The van der Waals surface area contributed by atoms with E-state index in [1.165, 1.54) is 0 Å². The van der Waals surface area contributed by atoms with Gasteiger partial charge in [-0.1, -0.05) is 6.42 Å². The molecule has 0 aromatic heterocycles. The van der Waals surface area contributed by atoms with Gasteiger partial charge in [0.25, 0.3) is 0 Å². The van der Waals surface area contributed by atoms with Crippen LogP contribution in [0.1, 0.15) is 25.7 Å². The molecule has 5 nitrogen and oxygen atoms in total. The van der Waals surface area contributed by atoms with Crippen LogP contribution in [0.25, 0.3) is 0 Å². The number of nitrogens with one attached hydrogen (secondary N) is 1. The summed E-state index contributed by atoms with van der Waals surface area (Å²) in [5, 5.41) is 10.4. The zero-order valence-corrected chi connectivity index (χ0v) is 12.1. The minimum absolute atomic E-state index is 0.135. The van der Waals surface area contributed by atoms with E-state index in [0.29, 0.717) is 19.4 Å². The molecule has 0 saturated carbocycles. The molecule has 7 heteroatoms. The van der Waals surface area contributed by atoms with Gasteiger partial charge in [-0.25, -0.2) is 8.42 Å². The van der Waals surface area contributed by atoms with Crippen LogP contribution in [0.3, 0.4) is 0 Å². The van der Waals surface area contributed by atoms with Crippen LogP contribution in [0.4, 0.5) is 0 Å². The molecule has 1 heterocycles. The Morgan fingerprint density at radius 3 is 2.78 bits per heavy atom. The number of carbonyl (C=O) groups is 1. The Morgan fingerprint density at radius 2 is 2.11 bits per heavy atom. The molecule has 0 radical (unpaired) electrons. The first kappa shape index (κ1) is 15.8. The van der Waals surface area contributed by atoms with E-state index in [4.69, 9.17) is 5.11 Å². The number of aliphatic hydroxyl groups is 1. The fourth-order valence-electron chi connectivity index (χ4n) is 1.88. The topological polar surface area (TPSA) is 83.5 Å². The summed E-state index contributed by atoms with van der Waals surface area (Å²) in [7, 11) is -3.23. The minimum atomic E-state index is -3.23. The van der Waals surface area contributed by atoms with Gasteiger partial charge in [-0.05, 0) is 25.0 Å². The Bertz CT molecular complexity index is 356. The molecule has 0 aromatic carbocycles. The number of hydrogen-bond donors (Lipinski definition) is 2. The first-order chi connectivity index (χ1) is 8.58. The SMILES string of the molecule is O=C(NCCSCCCO)C1CCCCS1(=O)=O. The highest BCUT2D eigenvalue weighted by molar-refractivity contribution is 7.99. The van der Waals surface area contributed by atoms with Gasteiger partial charge < -0.3 is 10.4 Å². The van der Waals surface area contributed by atoms with Gasteiger partial charge in [-0.2, -0.15) is 11.8 Å². The lowest BCUT2D eigenvalue weighted by molar-refractivity contribution is -0.120. The second-order valence-electron chi connectivity index (χ2n) is 4.33. The van der Waals surface area contributed by atoms with Gasteiger partial charge in [0, 0.05) is 18.9 Å². The Hall–Kier alpha value is -0.270. The molecule has 2 N–H and O–H groups in total. The maximum atomic E-state index is 11.8. The Kier molecular flexibility index (Phi) is 7.03. The molecule has 0 aliphatic carbocycles. The summed E-state index contributed by atoms with van der Waals surface area (Å²) >= 11 is 1.64. The summed E-state index contributed by atoms with van der Waals surface area (Å²) < 4.78 is 23.4. The van der Waals surface area contributed by atoms with Crippen molar-refractivity contribution < 1.29 is 18.3 Å². The molecule has 0 bridgehead atoms. The van der Waals surface area contributed by atoms with Crippen LogP contribution < -0.4 is 5.32 Å². The van der Waals surface area contributed by atoms with Crippen LogP contribution in [0.5, 0.6) is 0 Å². The maximum absolute atomic E-state index is 11.8. The molecule has 1 aliphatic heterocycles. The third-order valence-electron chi connectivity index (χ3n) is 2.86. The zero-order chi connectivity index (χ0) is 13.4. The lowest BCUT2D eigenvalue weighted by Crippen LogP contribution is -2.43. The standard InChI is InChI=1S/C11H21NO4S2/c13-6-3-7-17-8-5-12-11(14)10-4-1-2-9-18(10,15)16/h10,13H,1-9H2,(H,12,14). The molecular weight excluding hydrogens is 274 g/mol. The fraction of sp³-hybridized carbons (Fsp3) is 0.909. The quantitative estimate of drug-likeness (QED) is 0.655. The van der Waals surface area contributed by atoms with Crippen LogP contribution in [-0.2, 0) is 14.6 Å². The van der Waals surface area contributed by atoms with Crippen LogP contribution >= 0.6 is 11.8 Å². The van der Waals surface area contributed by atoms with Crippen LogP contribution in [-0.4, -0.2) is 55.1 Å². The van der Waals surface area contributed by atoms with Crippen molar-refractivity contribution in [2.45, 2.75) is 30.9 Å². The maximum Gasteiger partial charge on any atom is 0.238 e. The molecule has 1 fully saturated rings. The predicted molar refractivity (Wildman–Crippen MR) is 73.5 cm³/mol. The van der Waals surface area contributed by atoms with Crippen molar-refractivity contribution in [3.05, 3.63) is 0 Å². The van der Waals surface area contributed by atoms with Gasteiger partial charge in [0.2, 0.25) is 5.91 Å². The van der Waals surface area contributed by atoms with Crippen molar-refractivity contribution in [3.8, 4) is 0 Å². The molecule has 1 rings (SSSR count). The largest absolute Gasteiger partial charge is 0.396 e. The van der Waals surface area contributed by atoms with E-state index in [1.54, 1.807) is 11.8 Å². The summed E-state index contributed by atoms with van der Waals surface area (Å²) in [5.74, 6) is 1.39. The van der Waals surface area contributed by atoms with Crippen LogP contribution in [0.2, 0.25) is 0 Å². The number of carbonyl (C=O) groups excluding carboxylic acids is 1. The Labute approximate surface area is 113 Å². The number of amides is 1. The van der Waals surface area contributed by atoms with E-state index < -0.39 is 15.1 Å². The monoisotopic (exact) mass is 295 g/mol. The summed E-state index contributed by atoms with van der Waals surface area (Å²) in [4.78, 5) is 11.8. The van der Waals surface area contributed by atoms with Gasteiger partial charge in [-0.3, -0.25) is 4.79 Å². The number of rotatable bonds is 7. The molecule has 106 valence electrons. The van der Waals surface area contributed by atoms with Crippen molar-refractivity contribution in [1.82, 2.24) is 5.32 Å². The third kappa shape index (κ3) is 5.16. The number of aliphatic hydroxyl groups excluding tert-OH is 1.